The first-order chi connectivity index (χ1) is 18.1. The van der Waals surface area contributed by atoms with Gasteiger partial charge in [0.2, 0.25) is 5.82 Å². The van der Waals surface area contributed by atoms with E-state index < -0.39 is 0 Å². The second-order valence-electron chi connectivity index (χ2n) is 9.98. The summed E-state index contributed by atoms with van der Waals surface area (Å²) in [5.41, 5.74) is 1.22. The molecule has 0 aliphatic rings. The van der Waals surface area contributed by atoms with Crippen molar-refractivity contribution in [3.05, 3.63) is 86.6 Å². The largest absolute Gasteiger partial charge is 0.493 e. The standard InChI is InChI=1S/C29H25Cl2N3O4/c1-29(2,3)16-37-26-18(12-20(31)14-24(26)36-4)15-32-34-27(33-22-8-6-5-7-21(22)28(34)35)25-13-17-11-19(30)9-10-23(17)38-25/h5-15H,16H2,1-4H3. The van der Waals surface area contributed by atoms with Crippen molar-refractivity contribution in [1.29, 1.82) is 0 Å². The van der Waals surface area contributed by atoms with Gasteiger partial charge in [-0.3, -0.25) is 4.79 Å². The molecule has 5 aromatic rings. The molecular weight excluding hydrogens is 525 g/mol. The molecule has 0 aliphatic heterocycles. The van der Waals surface area contributed by atoms with Crippen molar-refractivity contribution in [2.75, 3.05) is 13.7 Å². The highest BCUT2D eigenvalue weighted by Crippen LogP contribution is 2.35. The van der Waals surface area contributed by atoms with Gasteiger partial charge in [0.15, 0.2) is 17.3 Å². The third-order valence-electron chi connectivity index (χ3n) is 5.68. The Morgan fingerprint density at radius 3 is 2.61 bits per heavy atom. The Labute approximate surface area is 229 Å². The topological polar surface area (TPSA) is 78.9 Å². The van der Waals surface area contributed by atoms with Crippen LogP contribution in [0.4, 0.5) is 0 Å². The number of ether oxygens (including phenoxy) is 2. The van der Waals surface area contributed by atoms with Gasteiger partial charge in [-0.2, -0.15) is 9.78 Å². The first-order valence-electron chi connectivity index (χ1n) is 11.9. The van der Waals surface area contributed by atoms with Crippen molar-refractivity contribution in [3.8, 4) is 23.1 Å². The molecule has 2 aromatic heterocycles. The number of nitrogens with zero attached hydrogens (tertiary/aromatic N) is 3. The maximum atomic E-state index is 13.6. The number of furan rings is 1. The Morgan fingerprint density at radius 2 is 1.84 bits per heavy atom. The Bertz CT molecular complexity index is 1750. The number of fused-ring (bicyclic) bond motifs is 2. The van der Waals surface area contributed by atoms with Gasteiger partial charge in [-0.25, -0.2) is 4.98 Å². The number of para-hydroxylation sites is 1. The third-order valence-corrected chi connectivity index (χ3v) is 6.14. The summed E-state index contributed by atoms with van der Waals surface area (Å²) in [5.74, 6) is 1.54. The minimum Gasteiger partial charge on any atom is -0.493 e. The normalized spacial score (nSPS) is 12.1. The van der Waals surface area contributed by atoms with Crippen LogP contribution in [0, 0.1) is 5.41 Å². The molecule has 7 nitrogen and oxygen atoms in total. The summed E-state index contributed by atoms with van der Waals surface area (Å²) in [5, 5.41) is 6.75. The highest BCUT2D eigenvalue weighted by molar-refractivity contribution is 6.31. The molecule has 194 valence electrons. The van der Waals surface area contributed by atoms with Gasteiger partial charge < -0.3 is 13.9 Å². The molecule has 0 saturated heterocycles. The lowest BCUT2D eigenvalue weighted by Crippen LogP contribution is -2.20. The average Bonchev–Trinajstić information content (AvgIpc) is 3.29. The number of rotatable bonds is 6. The zero-order valence-electron chi connectivity index (χ0n) is 21.3. The van der Waals surface area contributed by atoms with Crippen LogP contribution in [0.2, 0.25) is 10.0 Å². The van der Waals surface area contributed by atoms with E-state index in [-0.39, 0.29) is 16.8 Å². The molecular formula is C29H25Cl2N3O4. The quantitative estimate of drug-likeness (QED) is 0.206. The number of hydrogen-bond donors (Lipinski definition) is 0. The summed E-state index contributed by atoms with van der Waals surface area (Å²) >= 11 is 12.5. The molecule has 3 aromatic carbocycles. The van der Waals surface area contributed by atoms with Crippen molar-refractivity contribution >= 4 is 51.3 Å². The SMILES string of the molecule is COc1cc(Cl)cc(C=Nn2c(-c3cc4cc(Cl)ccc4o3)nc3ccccc3c2=O)c1OCC(C)(C)C. The molecule has 0 atom stereocenters. The Kier molecular flexibility index (Phi) is 6.90. The van der Waals surface area contributed by atoms with Gasteiger partial charge in [0.1, 0.15) is 5.58 Å². The average molecular weight is 550 g/mol. The van der Waals surface area contributed by atoms with E-state index in [2.05, 4.69) is 25.9 Å². The van der Waals surface area contributed by atoms with Gasteiger partial charge in [-0.1, -0.05) is 56.1 Å². The summed E-state index contributed by atoms with van der Waals surface area (Å²) in [4.78, 5) is 18.3. The van der Waals surface area contributed by atoms with Crippen LogP contribution in [0.3, 0.4) is 0 Å². The van der Waals surface area contributed by atoms with E-state index in [1.807, 2.05) is 6.07 Å². The van der Waals surface area contributed by atoms with Crippen LogP contribution in [-0.2, 0) is 0 Å². The van der Waals surface area contributed by atoms with Gasteiger partial charge in [-0.15, -0.1) is 0 Å². The van der Waals surface area contributed by atoms with E-state index in [0.717, 1.165) is 5.39 Å². The fourth-order valence-corrected chi connectivity index (χ4v) is 4.31. The zero-order chi connectivity index (χ0) is 27.0. The van der Waals surface area contributed by atoms with E-state index >= 15 is 0 Å². The van der Waals surface area contributed by atoms with Crippen LogP contribution in [0.5, 0.6) is 11.5 Å². The smallest absolute Gasteiger partial charge is 0.282 e. The Hall–Kier alpha value is -3.81. The molecule has 2 heterocycles. The van der Waals surface area contributed by atoms with Crippen LogP contribution in [0.15, 0.2) is 75.0 Å². The molecule has 0 unspecified atom stereocenters. The van der Waals surface area contributed by atoms with Crippen LogP contribution in [-0.4, -0.2) is 29.6 Å². The molecule has 5 rings (SSSR count). The molecule has 38 heavy (non-hydrogen) atoms. The zero-order valence-corrected chi connectivity index (χ0v) is 22.8. The van der Waals surface area contributed by atoms with Crippen molar-refractivity contribution in [2.24, 2.45) is 10.5 Å². The number of methoxy groups -OCH3 is 1. The fraction of sp³-hybridized carbons (Fsp3) is 0.207. The van der Waals surface area contributed by atoms with E-state index in [9.17, 15) is 4.79 Å². The lowest BCUT2D eigenvalue weighted by Gasteiger charge is -2.21. The molecule has 0 aliphatic carbocycles. The second kappa shape index (κ2) is 10.2. The van der Waals surface area contributed by atoms with E-state index in [1.54, 1.807) is 61.7 Å². The highest BCUT2D eigenvalue weighted by Gasteiger charge is 2.19. The van der Waals surface area contributed by atoms with Crippen LogP contribution in [0.25, 0.3) is 33.5 Å². The molecule has 0 radical (unpaired) electrons. The molecule has 9 heteroatoms. The molecule has 0 spiro atoms. The monoisotopic (exact) mass is 549 g/mol. The number of hydrogen-bond acceptors (Lipinski definition) is 6. The van der Waals surface area contributed by atoms with Crippen molar-refractivity contribution in [2.45, 2.75) is 20.8 Å². The van der Waals surface area contributed by atoms with E-state index in [4.69, 9.17) is 42.1 Å². The van der Waals surface area contributed by atoms with E-state index in [1.165, 1.54) is 10.9 Å². The minimum atomic E-state index is -0.355. The summed E-state index contributed by atoms with van der Waals surface area (Å²) in [7, 11) is 1.54. The fourth-order valence-electron chi connectivity index (χ4n) is 3.91. The molecule has 0 fully saturated rings. The number of halogens is 2. The van der Waals surface area contributed by atoms with Crippen molar-refractivity contribution in [3.63, 3.8) is 0 Å². The second-order valence-corrected chi connectivity index (χ2v) is 10.9. The summed E-state index contributed by atoms with van der Waals surface area (Å²) < 4.78 is 18.9. The molecule has 0 saturated carbocycles. The van der Waals surface area contributed by atoms with Gasteiger partial charge in [0, 0.05) is 27.1 Å². The Morgan fingerprint density at radius 1 is 1.05 bits per heavy atom. The van der Waals surface area contributed by atoms with Crippen molar-refractivity contribution in [1.82, 2.24) is 9.66 Å². The van der Waals surface area contributed by atoms with Gasteiger partial charge in [-0.05, 0) is 47.9 Å². The maximum absolute atomic E-state index is 13.6. The lowest BCUT2D eigenvalue weighted by atomic mass is 9.98. The highest BCUT2D eigenvalue weighted by atomic mass is 35.5. The summed E-state index contributed by atoms with van der Waals surface area (Å²) in [6.45, 7) is 6.62. The van der Waals surface area contributed by atoms with Gasteiger partial charge in [0.05, 0.1) is 30.8 Å². The first-order valence-corrected chi connectivity index (χ1v) is 12.6. The van der Waals surface area contributed by atoms with Gasteiger partial charge >= 0.3 is 0 Å². The van der Waals surface area contributed by atoms with E-state index in [0.29, 0.717) is 56.0 Å². The predicted octanol–water partition coefficient (Wildman–Crippen LogP) is 7.43. The molecule has 0 amide bonds. The van der Waals surface area contributed by atoms with Crippen LogP contribution < -0.4 is 15.0 Å². The molecule has 0 bridgehead atoms. The lowest BCUT2D eigenvalue weighted by molar-refractivity contribution is 0.191. The van der Waals surface area contributed by atoms with Crippen LogP contribution in [0.1, 0.15) is 26.3 Å². The van der Waals surface area contributed by atoms with Crippen molar-refractivity contribution < 1.29 is 13.9 Å². The molecule has 0 N–H and O–H groups in total. The number of aromatic nitrogens is 2. The van der Waals surface area contributed by atoms with Gasteiger partial charge in [0.25, 0.3) is 5.56 Å². The summed E-state index contributed by atoms with van der Waals surface area (Å²) in [6.07, 6.45) is 1.51. The maximum Gasteiger partial charge on any atom is 0.282 e. The predicted molar refractivity (Wildman–Crippen MR) is 152 cm³/mol. The summed E-state index contributed by atoms with van der Waals surface area (Å²) in [6, 6.07) is 17.5. The third kappa shape index (κ3) is 5.26. The Balaban J connectivity index is 1.69. The minimum absolute atomic E-state index is 0.102. The van der Waals surface area contributed by atoms with Crippen LogP contribution >= 0.6 is 23.2 Å². The first kappa shape index (κ1) is 25.8. The number of benzene rings is 3.